The number of nitrogens with zero attached hydrogens (tertiary/aromatic N) is 2. The Balaban J connectivity index is 1.39. The SMILES string of the molecule is O=C(CCN1C(=O)c2ccccc2C1=O)N1CCOC(c2ccccc2F)C1. The number of hydrogen-bond acceptors (Lipinski definition) is 4. The summed E-state index contributed by atoms with van der Waals surface area (Å²) < 4.78 is 19.6. The van der Waals surface area contributed by atoms with Crippen LogP contribution < -0.4 is 0 Å². The summed E-state index contributed by atoms with van der Waals surface area (Å²) in [6.45, 7) is 0.957. The van der Waals surface area contributed by atoms with E-state index in [9.17, 15) is 18.8 Å². The molecule has 4 rings (SSSR count). The Bertz CT molecular complexity index is 911. The summed E-state index contributed by atoms with van der Waals surface area (Å²) in [5, 5.41) is 0. The number of ether oxygens (including phenoxy) is 1. The number of amides is 3. The average Bonchev–Trinajstić information content (AvgIpc) is 2.97. The van der Waals surface area contributed by atoms with Gasteiger partial charge >= 0.3 is 0 Å². The van der Waals surface area contributed by atoms with Crippen LogP contribution in [0.2, 0.25) is 0 Å². The molecule has 0 aromatic heterocycles. The van der Waals surface area contributed by atoms with Gasteiger partial charge in [0, 0.05) is 25.1 Å². The van der Waals surface area contributed by atoms with Crippen molar-refractivity contribution >= 4 is 17.7 Å². The first-order valence-electron chi connectivity index (χ1n) is 9.15. The minimum absolute atomic E-state index is 0.0207. The lowest BCUT2D eigenvalue weighted by molar-refractivity contribution is -0.139. The number of carbonyl (C=O) groups excluding carboxylic acids is 3. The van der Waals surface area contributed by atoms with Crippen LogP contribution in [0.15, 0.2) is 48.5 Å². The van der Waals surface area contributed by atoms with E-state index in [2.05, 4.69) is 0 Å². The van der Waals surface area contributed by atoms with E-state index < -0.39 is 6.10 Å². The molecule has 7 heteroatoms. The van der Waals surface area contributed by atoms with Gasteiger partial charge in [-0.2, -0.15) is 0 Å². The van der Waals surface area contributed by atoms with E-state index in [-0.39, 0.29) is 43.0 Å². The second-order valence-electron chi connectivity index (χ2n) is 6.78. The predicted octanol–water partition coefficient (Wildman–Crippen LogP) is 2.41. The summed E-state index contributed by atoms with van der Waals surface area (Å²) in [5.41, 5.74) is 1.15. The van der Waals surface area contributed by atoms with E-state index >= 15 is 0 Å². The van der Waals surface area contributed by atoms with Crippen LogP contribution in [0, 0.1) is 5.82 Å². The van der Waals surface area contributed by atoms with Crippen molar-refractivity contribution in [3.05, 3.63) is 71.0 Å². The van der Waals surface area contributed by atoms with E-state index in [0.717, 1.165) is 4.90 Å². The normalized spacial score (nSPS) is 19.1. The highest BCUT2D eigenvalue weighted by molar-refractivity contribution is 6.21. The lowest BCUT2D eigenvalue weighted by Gasteiger charge is -2.33. The summed E-state index contributed by atoms with van der Waals surface area (Å²) >= 11 is 0. The number of rotatable bonds is 4. The van der Waals surface area contributed by atoms with Gasteiger partial charge in [-0.1, -0.05) is 30.3 Å². The van der Waals surface area contributed by atoms with Crippen molar-refractivity contribution in [1.29, 1.82) is 0 Å². The van der Waals surface area contributed by atoms with Crippen LogP contribution in [0.25, 0.3) is 0 Å². The Morgan fingerprint density at radius 3 is 2.36 bits per heavy atom. The van der Waals surface area contributed by atoms with Crippen LogP contribution in [0.4, 0.5) is 4.39 Å². The van der Waals surface area contributed by atoms with Crippen molar-refractivity contribution in [1.82, 2.24) is 9.80 Å². The molecule has 1 fully saturated rings. The molecule has 1 saturated heterocycles. The summed E-state index contributed by atoms with van der Waals surface area (Å²) in [7, 11) is 0. The number of fused-ring (bicyclic) bond motifs is 1. The Morgan fingerprint density at radius 1 is 1.04 bits per heavy atom. The third-order valence-corrected chi connectivity index (χ3v) is 5.10. The first-order chi connectivity index (χ1) is 13.6. The molecule has 6 nitrogen and oxygen atoms in total. The van der Waals surface area contributed by atoms with E-state index in [1.54, 1.807) is 47.4 Å². The highest BCUT2D eigenvalue weighted by atomic mass is 19.1. The van der Waals surface area contributed by atoms with Gasteiger partial charge in [0.05, 0.1) is 24.3 Å². The van der Waals surface area contributed by atoms with Crippen LogP contribution in [0.1, 0.15) is 38.8 Å². The third-order valence-electron chi connectivity index (χ3n) is 5.10. The number of benzene rings is 2. The molecule has 0 radical (unpaired) electrons. The largest absolute Gasteiger partial charge is 0.370 e. The third kappa shape index (κ3) is 3.29. The van der Waals surface area contributed by atoms with Gasteiger partial charge in [0.25, 0.3) is 11.8 Å². The summed E-state index contributed by atoms with van der Waals surface area (Å²) in [4.78, 5) is 40.1. The number of halogens is 1. The van der Waals surface area contributed by atoms with Gasteiger partial charge in [0.2, 0.25) is 5.91 Å². The molecule has 144 valence electrons. The number of hydrogen-bond donors (Lipinski definition) is 0. The number of carbonyl (C=O) groups is 3. The van der Waals surface area contributed by atoms with Crippen LogP contribution in [-0.4, -0.2) is 53.8 Å². The molecule has 2 aromatic carbocycles. The lowest BCUT2D eigenvalue weighted by atomic mass is 10.1. The molecule has 0 N–H and O–H groups in total. The quantitative estimate of drug-likeness (QED) is 0.762. The van der Waals surface area contributed by atoms with Crippen LogP contribution in [0.5, 0.6) is 0 Å². The standard InChI is InChI=1S/C21H19FN2O4/c22-17-8-4-3-7-16(17)18-13-23(11-12-28-18)19(25)9-10-24-20(26)14-5-1-2-6-15(14)21(24)27/h1-8,18H,9-13H2. The fourth-order valence-corrected chi connectivity index (χ4v) is 3.61. The van der Waals surface area contributed by atoms with Crippen molar-refractivity contribution in [3.8, 4) is 0 Å². The summed E-state index contributed by atoms with van der Waals surface area (Å²) in [6.07, 6.45) is -0.506. The highest BCUT2D eigenvalue weighted by Gasteiger charge is 2.35. The van der Waals surface area contributed by atoms with Gasteiger partial charge in [0.15, 0.2) is 0 Å². The first kappa shape index (κ1) is 18.3. The van der Waals surface area contributed by atoms with Crippen molar-refractivity contribution in [2.24, 2.45) is 0 Å². The molecular formula is C21H19FN2O4. The molecular weight excluding hydrogens is 363 g/mol. The second-order valence-corrected chi connectivity index (χ2v) is 6.78. The molecule has 2 heterocycles. The van der Waals surface area contributed by atoms with Crippen LogP contribution in [0.3, 0.4) is 0 Å². The molecule has 1 atom stereocenters. The van der Waals surface area contributed by atoms with Crippen LogP contribution in [-0.2, 0) is 9.53 Å². The fourth-order valence-electron chi connectivity index (χ4n) is 3.61. The Morgan fingerprint density at radius 2 is 1.68 bits per heavy atom. The van der Waals surface area contributed by atoms with Gasteiger partial charge in [-0.05, 0) is 18.2 Å². The molecule has 2 aliphatic heterocycles. The molecule has 0 bridgehead atoms. The topological polar surface area (TPSA) is 66.9 Å². The molecule has 2 aliphatic rings. The summed E-state index contributed by atoms with van der Waals surface area (Å²) in [6, 6.07) is 13.0. The smallest absolute Gasteiger partial charge is 0.261 e. The monoisotopic (exact) mass is 382 g/mol. The maximum absolute atomic E-state index is 14.0. The highest BCUT2D eigenvalue weighted by Crippen LogP contribution is 2.26. The van der Waals surface area contributed by atoms with Crippen molar-refractivity contribution < 1.29 is 23.5 Å². The minimum atomic E-state index is -0.529. The van der Waals surface area contributed by atoms with Gasteiger partial charge in [-0.15, -0.1) is 0 Å². The predicted molar refractivity (Wildman–Crippen MR) is 98.1 cm³/mol. The van der Waals surface area contributed by atoms with Crippen molar-refractivity contribution in [2.45, 2.75) is 12.5 Å². The van der Waals surface area contributed by atoms with Gasteiger partial charge < -0.3 is 9.64 Å². The van der Waals surface area contributed by atoms with Gasteiger partial charge in [-0.3, -0.25) is 19.3 Å². The number of imide groups is 1. The van der Waals surface area contributed by atoms with E-state index in [4.69, 9.17) is 4.74 Å². The summed E-state index contributed by atoms with van der Waals surface area (Å²) in [5.74, 6) is -1.31. The number of morpholine rings is 1. The Labute approximate surface area is 161 Å². The van der Waals surface area contributed by atoms with Gasteiger partial charge in [-0.25, -0.2) is 4.39 Å². The molecule has 0 spiro atoms. The van der Waals surface area contributed by atoms with Gasteiger partial charge in [0.1, 0.15) is 11.9 Å². The Kier molecular flexibility index (Phi) is 4.92. The minimum Gasteiger partial charge on any atom is -0.370 e. The zero-order valence-electron chi connectivity index (χ0n) is 15.1. The maximum atomic E-state index is 14.0. The van der Waals surface area contributed by atoms with Crippen molar-refractivity contribution in [2.75, 3.05) is 26.2 Å². The van der Waals surface area contributed by atoms with Crippen LogP contribution >= 0.6 is 0 Å². The fraction of sp³-hybridized carbons (Fsp3) is 0.286. The molecule has 1 unspecified atom stereocenters. The lowest BCUT2D eigenvalue weighted by Crippen LogP contribution is -2.44. The molecule has 0 saturated carbocycles. The maximum Gasteiger partial charge on any atom is 0.261 e. The zero-order chi connectivity index (χ0) is 19.7. The first-order valence-corrected chi connectivity index (χ1v) is 9.15. The molecule has 2 aromatic rings. The molecule has 28 heavy (non-hydrogen) atoms. The van der Waals surface area contributed by atoms with E-state index in [0.29, 0.717) is 29.8 Å². The van der Waals surface area contributed by atoms with E-state index in [1.807, 2.05) is 0 Å². The van der Waals surface area contributed by atoms with E-state index in [1.165, 1.54) is 6.07 Å². The average molecular weight is 382 g/mol. The zero-order valence-corrected chi connectivity index (χ0v) is 15.1. The second kappa shape index (κ2) is 7.52. The molecule has 0 aliphatic carbocycles. The Hall–Kier alpha value is -3.06. The molecule has 3 amide bonds. The van der Waals surface area contributed by atoms with Crippen molar-refractivity contribution in [3.63, 3.8) is 0 Å².